The molecule has 0 aromatic carbocycles. The zero-order chi connectivity index (χ0) is 10.6. The van der Waals surface area contributed by atoms with Crippen molar-refractivity contribution < 1.29 is 9.53 Å². The molecule has 0 radical (unpaired) electrons. The lowest BCUT2D eigenvalue weighted by Crippen LogP contribution is -2.40. The van der Waals surface area contributed by atoms with Crippen LogP contribution >= 0.6 is 0 Å². The standard InChI is InChI=1S/C8H16N4O2/c1-10-7(13)3-11-6-4-14-5-12(2)8(6)9/h11H,3-5,9H2,1-2H3,(H,10,13). The molecule has 1 aliphatic rings. The van der Waals surface area contributed by atoms with Crippen LogP contribution in [0.15, 0.2) is 11.5 Å². The molecule has 4 N–H and O–H groups in total. The largest absolute Gasteiger partial charge is 0.384 e. The van der Waals surface area contributed by atoms with Crippen molar-refractivity contribution in [2.75, 3.05) is 34.0 Å². The molecule has 0 fully saturated rings. The third-order valence-corrected chi connectivity index (χ3v) is 1.99. The Morgan fingerprint density at radius 1 is 1.71 bits per heavy atom. The molecule has 14 heavy (non-hydrogen) atoms. The highest BCUT2D eigenvalue weighted by Crippen LogP contribution is 2.06. The van der Waals surface area contributed by atoms with E-state index in [1.54, 1.807) is 11.9 Å². The SMILES string of the molecule is CNC(=O)CNC1=C(N)N(C)COC1. The Kier molecular flexibility index (Phi) is 3.58. The number of likely N-dealkylation sites (N-methyl/N-ethyl adjacent to an activating group) is 1. The van der Waals surface area contributed by atoms with Crippen LogP contribution in [-0.4, -0.2) is 44.8 Å². The number of amides is 1. The van der Waals surface area contributed by atoms with Gasteiger partial charge in [-0.2, -0.15) is 0 Å². The predicted molar refractivity (Wildman–Crippen MR) is 51.9 cm³/mol. The third-order valence-electron chi connectivity index (χ3n) is 1.99. The van der Waals surface area contributed by atoms with Gasteiger partial charge in [-0.3, -0.25) is 4.79 Å². The van der Waals surface area contributed by atoms with Crippen molar-refractivity contribution in [1.29, 1.82) is 0 Å². The third kappa shape index (κ3) is 2.53. The molecule has 0 saturated heterocycles. The summed E-state index contributed by atoms with van der Waals surface area (Å²) in [7, 11) is 3.42. The molecule has 0 aromatic heterocycles. The number of nitrogens with one attached hydrogen (secondary N) is 2. The van der Waals surface area contributed by atoms with Crippen LogP contribution in [0.2, 0.25) is 0 Å². The molecule has 0 spiro atoms. The molecule has 6 nitrogen and oxygen atoms in total. The van der Waals surface area contributed by atoms with Crippen LogP contribution in [0.1, 0.15) is 0 Å². The average Bonchev–Trinajstić information content (AvgIpc) is 2.20. The minimum absolute atomic E-state index is 0.0847. The molecule has 1 amide bonds. The monoisotopic (exact) mass is 200 g/mol. The normalized spacial score (nSPS) is 16.9. The maximum Gasteiger partial charge on any atom is 0.239 e. The summed E-state index contributed by atoms with van der Waals surface area (Å²) in [6.07, 6.45) is 0. The molecule has 0 aromatic rings. The van der Waals surface area contributed by atoms with Gasteiger partial charge in [0.25, 0.3) is 0 Å². The lowest BCUT2D eigenvalue weighted by atomic mass is 10.4. The van der Waals surface area contributed by atoms with E-state index in [9.17, 15) is 4.79 Å². The molecular weight excluding hydrogens is 184 g/mol. The maximum absolute atomic E-state index is 11.0. The Hall–Kier alpha value is -1.43. The Bertz CT molecular complexity index is 252. The van der Waals surface area contributed by atoms with E-state index in [0.29, 0.717) is 19.2 Å². The number of nitrogens with two attached hydrogens (primary N) is 1. The van der Waals surface area contributed by atoms with E-state index in [1.165, 1.54) is 0 Å². The molecular formula is C8H16N4O2. The summed E-state index contributed by atoms with van der Waals surface area (Å²) in [6, 6.07) is 0. The molecule has 0 bridgehead atoms. The van der Waals surface area contributed by atoms with Crippen LogP contribution in [-0.2, 0) is 9.53 Å². The van der Waals surface area contributed by atoms with Crippen LogP contribution in [0, 0.1) is 0 Å². The fourth-order valence-electron chi connectivity index (χ4n) is 1.08. The van der Waals surface area contributed by atoms with Gasteiger partial charge in [-0.1, -0.05) is 0 Å². The molecule has 1 rings (SSSR count). The Balaban J connectivity index is 2.50. The van der Waals surface area contributed by atoms with Gasteiger partial charge in [0.15, 0.2) is 0 Å². The predicted octanol–water partition coefficient (Wildman–Crippen LogP) is -1.63. The van der Waals surface area contributed by atoms with Gasteiger partial charge in [0.1, 0.15) is 12.6 Å². The van der Waals surface area contributed by atoms with Crippen LogP contribution in [0.5, 0.6) is 0 Å². The summed E-state index contributed by atoms with van der Waals surface area (Å²) in [5, 5.41) is 5.44. The second-order valence-electron chi connectivity index (χ2n) is 3.07. The number of ether oxygens (including phenoxy) is 1. The second kappa shape index (κ2) is 4.71. The number of carbonyl (C=O) groups is 1. The fraction of sp³-hybridized carbons (Fsp3) is 0.625. The zero-order valence-electron chi connectivity index (χ0n) is 8.46. The second-order valence-corrected chi connectivity index (χ2v) is 3.07. The number of carbonyl (C=O) groups excluding carboxylic acids is 1. The number of nitrogens with zero attached hydrogens (tertiary/aromatic N) is 1. The molecule has 1 aliphatic heterocycles. The van der Waals surface area contributed by atoms with Crippen molar-refractivity contribution in [1.82, 2.24) is 15.5 Å². The molecule has 0 saturated carbocycles. The van der Waals surface area contributed by atoms with Crippen molar-refractivity contribution in [2.24, 2.45) is 5.73 Å². The van der Waals surface area contributed by atoms with Gasteiger partial charge < -0.3 is 26.0 Å². The summed E-state index contributed by atoms with van der Waals surface area (Å²) in [5.74, 6) is 0.540. The Morgan fingerprint density at radius 3 is 3.07 bits per heavy atom. The molecule has 0 atom stereocenters. The van der Waals surface area contributed by atoms with Gasteiger partial charge in [0.05, 0.1) is 18.8 Å². The smallest absolute Gasteiger partial charge is 0.239 e. The zero-order valence-corrected chi connectivity index (χ0v) is 8.46. The first-order valence-corrected chi connectivity index (χ1v) is 4.37. The fourth-order valence-corrected chi connectivity index (χ4v) is 1.08. The number of hydrogen-bond acceptors (Lipinski definition) is 5. The first-order valence-electron chi connectivity index (χ1n) is 4.37. The maximum atomic E-state index is 11.0. The first-order chi connectivity index (χ1) is 6.65. The van der Waals surface area contributed by atoms with E-state index in [-0.39, 0.29) is 12.5 Å². The molecule has 0 unspecified atom stereocenters. The highest BCUT2D eigenvalue weighted by Gasteiger charge is 2.14. The minimum Gasteiger partial charge on any atom is -0.384 e. The lowest BCUT2D eigenvalue weighted by Gasteiger charge is -2.28. The van der Waals surface area contributed by atoms with Crippen LogP contribution in [0.3, 0.4) is 0 Å². The van der Waals surface area contributed by atoms with Gasteiger partial charge in [-0.05, 0) is 0 Å². The van der Waals surface area contributed by atoms with Crippen molar-refractivity contribution in [2.45, 2.75) is 0 Å². The van der Waals surface area contributed by atoms with Crippen molar-refractivity contribution in [3.05, 3.63) is 11.5 Å². The van der Waals surface area contributed by atoms with Gasteiger partial charge in [0.2, 0.25) is 5.91 Å². The van der Waals surface area contributed by atoms with Gasteiger partial charge in [-0.15, -0.1) is 0 Å². The summed E-state index contributed by atoms with van der Waals surface area (Å²) >= 11 is 0. The van der Waals surface area contributed by atoms with Crippen molar-refractivity contribution >= 4 is 5.91 Å². The quantitative estimate of drug-likeness (QED) is 0.509. The summed E-state index contributed by atoms with van der Waals surface area (Å²) in [6.45, 7) is 1.12. The van der Waals surface area contributed by atoms with E-state index < -0.39 is 0 Å². The van der Waals surface area contributed by atoms with Crippen molar-refractivity contribution in [3.8, 4) is 0 Å². The Labute approximate surface area is 83.1 Å². The summed E-state index contributed by atoms with van der Waals surface area (Å²) in [5.41, 5.74) is 6.53. The summed E-state index contributed by atoms with van der Waals surface area (Å²) < 4.78 is 5.22. The molecule has 0 aliphatic carbocycles. The van der Waals surface area contributed by atoms with E-state index in [4.69, 9.17) is 10.5 Å². The topological polar surface area (TPSA) is 79.6 Å². The average molecular weight is 200 g/mol. The van der Waals surface area contributed by atoms with Gasteiger partial charge in [-0.25, -0.2) is 0 Å². The van der Waals surface area contributed by atoms with E-state index in [1.807, 2.05) is 7.05 Å². The first kappa shape index (κ1) is 10.6. The van der Waals surface area contributed by atoms with Crippen LogP contribution < -0.4 is 16.4 Å². The van der Waals surface area contributed by atoms with Crippen molar-refractivity contribution in [3.63, 3.8) is 0 Å². The Morgan fingerprint density at radius 2 is 2.43 bits per heavy atom. The molecule has 1 heterocycles. The number of rotatable bonds is 3. The molecule has 6 heteroatoms. The minimum atomic E-state index is -0.0847. The van der Waals surface area contributed by atoms with E-state index in [0.717, 1.165) is 5.70 Å². The van der Waals surface area contributed by atoms with E-state index >= 15 is 0 Å². The summed E-state index contributed by atoms with van der Waals surface area (Å²) in [4.78, 5) is 12.7. The lowest BCUT2D eigenvalue weighted by molar-refractivity contribution is -0.119. The highest BCUT2D eigenvalue weighted by atomic mass is 16.5. The van der Waals surface area contributed by atoms with Gasteiger partial charge >= 0.3 is 0 Å². The highest BCUT2D eigenvalue weighted by molar-refractivity contribution is 5.77. The van der Waals surface area contributed by atoms with E-state index in [2.05, 4.69) is 10.6 Å². The van der Waals surface area contributed by atoms with Gasteiger partial charge in [0, 0.05) is 14.1 Å². The van der Waals surface area contributed by atoms with Crippen LogP contribution in [0.4, 0.5) is 0 Å². The van der Waals surface area contributed by atoms with Crippen LogP contribution in [0.25, 0.3) is 0 Å². The number of hydrogen-bond donors (Lipinski definition) is 3. The molecule has 80 valence electrons.